The Balaban J connectivity index is 2.00. The summed E-state index contributed by atoms with van der Waals surface area (Å²) in [7, 11) is 0. The summed E-state index contributed by atoms with van der Waals surface area (Å²) in [5, 5.41) is 13.7. The van der Waals surface area contributed by atoms with E-state index in [-0.39, 0.29) is 12.6 Å². The average Bonchev–Trinajstić information content (AvgIpc) is 2.91. The molecule has 0 saturated heterocycles. The van der Waals surface area contributed by atoms with Gasteiger partial charge in [-0.2, -0.15) is 13.2 Å². The minimum Gasteiger partial charge on any atom is -0.310 e. The number of hydrogen-bond acceptors (Lipinski definition) is 4. The summed E-state index contributed by atoms with van der Waals surface area (Å²) in [6.45, 7) is 1.70. The van der Waals surface area contributed by atoms with Crippen molar-refractivity contribution in [3.8, 4) is 5.69 Å². The van der Waals surface area contributed by atoms with Crippen molar-refractivity contribution >= 4 is 0 Å². The van der Waals surface area contributed by atoms with Gasteiger partial charge in [0.05, 0.1) is 12.1 Å². The highest BCUT2D eigenvalue weighted by Gasteiger charge is 2.26. The molecule has 0 bridgehead atoms. The van der Waals surface area contributed by atoms with Crippen molar-refractivity contribution in [1.82, 2.24) is 25.5 Å². The molecule has 0 aliphatic carbocycles. The van der Waals surface area contributed by atoms with Gasteiger partial charge >= 0.3 is 6.18 Å². The fraction of sp³-hybridized carbons (Fsp3) is 0.417. The van der Waals surface area contributed by atoms with Crippen molar-refractivity contribution in [2.24, 2.45) is 0 Å². The third kappa shape index (κ3) is 4.02. The van der Waals surface area contributed by atoms with E-state index in [1.807, 2.05) is 31.2 Å². The number of alkyl halides is 3. The van der Waals surface area contributed by atoms with Crippen molar-refractivity contribution in [2.45, 2.75) is 25.6 Å². The number of nitrogens with one attached hydrogen (secondary N) is 1. The van der Waals surface area contributed by atoms with E-state index in [0.29, 0.717) is 0 Å². The molecule has 1 N–H and O–H groups in total. The molecule has 0 spiro atoms. The largest absolute Gasteiger partial charge is 0.390 e. The topological polar surface area (TPSA) is 55.6 Å². The van der Waals surface area contributed by atoms with Gasteiger partial charge in [0.2, 0.25) is 0 Å². The van der Waals surface area contributed by atoms with Gasteiger partial charge in [-0.3, -0.25) is 0 Å². The van der Waals surface area contributed by atoms with Crippen LogP contribution in [-0.2, 0) is 0 Å². The molecule has 1 aromatic heterocycles. The summed E-state index contributed by atoms with van der Waals surface area (Å²) >= 11 is 0. The molecule has 2 aromatic rings. The number of hydrogen-bond donors (Lipinski definition) is 1. The van der Waals surface area contributed by atoms with Crippen LogP contribution in [0, 0.1) is 0 Å². The highest BCUT2D eigenvalue weighted by Crippen LogP contribution is 2.20. The molecule has 0 saturated carbocycles. The van der Waals surface area contributed by atoms with Crippen LogP contribution in [0.1, 0.15) is 24.9 Å². The predicted molar refractivity (Wildman–Crippen MR) is 66.2 cm³/mol. The Kier molecular flexibility index (Phi) is 4.33. The van der Waals surface area contributed by atoms with Gasteiger partial charge in [0.25, 0.3) is 0 Å². The quantitative estimate of drug-likeness (QED) is 0.915. The smallest absolute Gasteiger partial charge is 0.310 e. The highest BCUT2D eigenvalue weighted by molar-refractivity contribution is 5.35. The van der Waals surface area contributed by atoms with Gasteiger partial charge < -0.3 is 5.32 Å². The molecule has 0 radical (unpaired) electrons. The zero-order chi connectivity index (χ0) is 14.6. The van der Waals surface area contributed by atoms with Crippen LogP contribution in [-0.4, -0.2) is 32.9 Å². The number of halogens is 3. The second-order valence-corrected chi connectivity index (χ2v) is 4.39. The van der Waals surface area contributed by atoms with Gasteiger partial charge in [0, 0.05) is 12.6 Å². The number of nitrogens with zero attached hydrogens (tertiary/aromatic N) is 4. The molecule has 0 amide bonds. The van der Waals surface area contributed by atoms with Crippen molar-refractivity contribution in [3.63, 3.8) is 0 Å². The lowest BCUT2D eigenvalue weighted by Crippen LogP contribution is -2.24. The van der Waals surface area contributed by atoms with Gasteiger partial charge in [0.1, 0.15) is 6.33 Å². The van der Waals surface area contributed by atoms with Crippen LogP contribution in [0.3, 0.4) is 0 Å². The Bertz CT molecular complexity index is 538. The first-order chi connectivity index (χ1) is 9.46. The Morgan fingerprint density at radius 3 is 2.80 bits per heavy atom. The summed E-state index contributed by atoms with van der Waals surface area (Å²) in [6, 6.07) is 7.13. The molecule has 0 aliphatic rings. The minimum absolute atomic E-state index is 0.111. The third-order valence-corrected chi connectivity index (χ3v) is 2.84. The molecule has 108 valence electrons. The molecule has 20 heavy (non-hydrogen) atoms. The Hall–Kier alpha value is -1.96. The maximum atomic E-state index is 12.1. The van der Waals surface area contributed by atoms with Crippen LogP contribution in [0.2, 0.25) is 0 Å². The summed E-state index contributed by atoms with van der Waals surface area (Å²) < 4.78 is 37.8. The fourth-order valence-electron chi connectivity index (χ4n) is 1.76. The van der Waals surface area contributed by atoms with E-state index in [4.69, 9.17) is 0 Å². The number of rotatable bonds is 5. The van der Waals surface area contributed by atoms with E-state index < -0.39 is 12.6 Å². The van der Waals surface area contributed by atoms with Gasteiger partial charge in [-0.1, -0.05) is 12.1 Å². The first kappa shape index (κ1) is 14.4. The summed E-state index contributed by atoms with van der Waals surface area (Å²) in [4.78, 5) is 0. The number of aromatic nitrogens is 4. The van der Waals surface area contributed by atoms with Crippen molar-refractivity contribution in [2.75, 3.05) is 6.54 Å². The Morgan fingerprint density at radius 2 is 2.15 bits per heavy atom. The van der Waals surface area contributed by atoms with Gasteiger partial charge in [0.15, 0.2) is 0 Å². The van der Waals surface area contributed by atoms with Crippen molar-refractivity contribution < 1.29 is 13.2 Å². The van der Waals surface area contributed by atoms with Crippen molar-refractivity contribution in [3.05, 3.63) is 36.2 Å². The molecular weight excluding hydrogens is 271 g/mol. The second-order valence-electron chi connectivity index (χ2n) is 4.39. The van der Waals surface area contributed by atoms with Crippen LogP contribution in [0.4, 0.5) is 13.2 Å². The zero-order valence-electron chi connectivity index (χ0n) is 10.8. The lowest BCUT2D eigenvalue weighted by atomic mass is 10.1. The molecule has 1 aromatic carbocycles. The Morgan fingerprint density at radius 1 is 1.35 bits per heavy atom. The van der Waals surface area contributed by atoms with Gasteiger partial charge in [-0.25, -0.2) is 4.68 Å². The van der Waals surface area contributed by atoms with Crippen LogP contribution in [0.5, 0.6) is 0 Å². The Labute approximate surface area is 113 Å². The maximum Gasteiger partial charge on any atom is 0.390 e. The molecule has 1 heterocycles. The van der Waals surface area contributed by atoms with Gasteiger partial charge in [-0.15, -0.1) is 5.10 Å². The van der Waals surface area contributed by atoms with E-state index in [1.54, 1.807) is 0 Å². The van der Waals surface area contributed by atoms with Crippen LogP contribution in [0.25, 0.3) is 5.69 Å². The summed E-state index contributed by atoms with van der Waals surface area (Å²) in [5.41, 5.74) is 1.64. The minimum atomic E-state index is -4.14. The summed E-state index contributed by atoms with van der Waals surface area (Å²) in [6.07, 6.45) is -3.52. The van der Waals surface area contributed by atoms with E-state index in [2.05, 4.69) is 20.8 Å². The highest BCUT2D eigenvalue weighted by atomic mass is 19.4. The van der Waals surface area contributed by atoms with Crippen LogP contribution >= 0.6 is 0 Å². The molecule has 8 heteroatoms. The standard InChI is InChI=1S/C12H14F3N5/c1-9(16-6-5-12(13,14)15)10-3-2-4-11(7-10)20-8-17-18-19-20/h2-4,7-9,16H,5-6H2,1H3. The molecule has 1 atom stereocenters. The SMILES string of the molecule is CC(NCCC(F)(F)F)c1cccc(-n2cnnn2)c1. The predicted octanol–water partition coefficient (Wildman–Crippen LogP) is 2.27. The lowest BCUT2D eigenvalue weighted by Gasteiger charge is -2.16. The molecule has 5 nitrogen and oxygen atoms in total. The molecule has 1 unspecified atom stereocenters. The number of tetrazole rings is 1. The second kappa shape index (κ2) is 6.00. The molecular formula is C12H14F3N5. The van der Waals surface area contributed by atoms with E-state index in [0.717, 1.165) is 11.3 Å². The lowest BCUT2D eigenvalue weighted by molar-refractivity contribution is -0.133. The first-order valence-electron chi connectivity index (χ1n) is 6.09. The maximum absolute atomic E-state index is 12.1. The van der Waals surface area contributed by atoms with Gasteiger partial charge in [-0.05, 0) is 35.0 Å². The fourth-order valence-corrected chi connectivity index (χ4v) is 1.76. The molecule has 2 rings (SSSR count). The van der Waals surface area contributed by atoms with Crippen LogP contribution < -0.4 is 5.32 Å². The van der Waals surface area contributed by atoms with E-state index in [1.165, 1.54) is 11.0 Å². The summed E-state index contributed by atoms with van der Waals surface area (Å²) in [5.74, 6) is 0. The molecule has 0 aliphatic heterocycles. The number of benzene rings is 1. The third-order valence-electron chi connectivity index (χ3n) is 2.84. The molecule has 0 fully saturated rings. The van der Waals surface area contributed by atoms with Crippen LogP contribution in [0.15, 0.2) is 30.6 Å². The van der Waals surface area contributed by atoms with E-state index >= 15 is 0 Å². The first-order valence-corrected chi connectivity index (χ1v) is 6.09. The normalized spacial score (nSPS) is 13.4. The zero-order valence-corrected chi connectivity index (χ0v) is 10.8. The van der Waals surface area contributed by atoms with E-state index in [9.17, 15) is 13.2 Å². The average molecular weight is 285 g/mol. The van der Waals surface area contributed by atoms with Crippen molar-refractivity contribution in [1.29, 1.82) is 0 Å². The monoisotopic (exact) mass is 285 g/mol.